The van der Waals surface area contributed by atoms with Crippen LogP contribution in [-0.2, 0) is 11.3 Å². The summed E-state index contributed by atoms with van der Waals surface area (Å²) in [6, 6.07) is 15.6. The van der Waals surface area contributed by atoms with Crippen LogP contribution < -0.4 is 10.2 Å². The Morgan fingerprint density at radius 3 is 2.39 bits per heavy atom. The van der Waals surface area contributed by atoms with Gasteiger partial charge in [0.15, 0.2) is 0 Å². The van der Waals surface area contributed by atoms with Crippen LogP contribution in [0.4, 0.5) is 11.4 Å². The number of carbonyl (C=O) groups excluding carboxylic acids is 2. The second kappa shape index (κ2) is 8.89. The first-order valence-corrected chi connectivity index (χ1v) is 9.58. The Balaban J connectivity index is 1.73. The van der Waals surface area contributed by atoms with Crippen LogP contribution in [0.15, 0.2) is 48.5 Å². The van der Waals surface area contributed by atoms with E-state index in [0.717, 1.165) is 36.6 Å². The van der Waals surface area contributed by atoms with E-state index in [0.29, 0.717) is 18.7 Å². The molecule has 0 atom stereocenters. The normalized spacial score (nSPS) is 14.3. The molecule has 2 aromatic rings. The van der Waals surface area contributed by atoms with E-state index in [9.17, 15) is 9.59 Å². The Kier molecular flexibility index (Phi) is 6.31. The van der Waals surface area contributed by atoms with Crippen LogP contribution in [0, 0.1) is 0 Å². The molecule has 148 valence electrons. The second-order valence-electron chi connectivity index (χ2n) is 7.40. The number of hydrogen-bond acceptors (Lipinski definition) is 4. The monoisotopic (exact) mass is 380 g/mol. The predicted octanol–water partition coefficient (Wildman–Crippen LogP) is 2.67. The molecule has 1 fully saturated rings. The Morgan fingerprint density at radius 1 is 1.00 bits per heavy atom. The summed E-state index contributed by atoms with van der Waals surface area (Å²) in [5.74, 6) is -0.00530. The van der Waals surface area contributed by atoms with Gasteiger partial charge >= 0.3 is 0 Å². The predicted molar refractivity (Wildman–Crippen MR) is 113 cm³/mol. The molecule has 2 amide bonds. The van der Waals surface area contributed by atoms with Crippen LogP contribution in [0.5, 0.6) is 0 Å². The summed E-state index contributed by atoms with van der Waals surface area (Å²) in [5, 5.41) is 3.06. The zero-order chi connectivity index (χ0) is 20.1. The van der Waals surface area contributed by atoms with Crippen molar-refractivity contribution < 1.29 is 9.59 Å². The average Bonchev–Trinajstić information content (AvgIpc) is 2.68. The highest BCUT2D eigenvalue weighted by Crippen LogP contribution is 2.27. The van der Waals surface area contributed by atoms with Crippen molar-refractivity contribution in [1.29, 1.82) is 0 Å². The summed E-state index contributed by atoms with van der Waals surface area (Å²) in [7, 11) is 4.02. The molecular formula is C22H28N4O2. The number of carbonyl (C=O) groups is 2. The molecule has 0 aromatic heterocycles. The minimum absolute atomic E-state index is 0.110. The Labute approximate surface area is 166 Å². The summed E-state index contributed by atoms with van der Waals surface area (Å²) in [4.78, 5) is 30.5. The molecule has 0 unspecified atom stereocenters. The van der Waals surface area contributed by atoms with Gasteiger partial charge in [0.2, 0.25) is 5.91 Å². The van der Waals surface area contributed by atoms with Crippen LogP contribution >= 0.6 is 0 Å². The Morgan fingerprint density at radius 2 is 1.71 bits per heavy atom. The Bertz CT molecular complexity index is 842. The number of amides is 2. The van der Waals surface area contributed by atoms with Gasteiger partial charge in [-0.05, 0) is 43.9 Å². The van der Waals surface area contributed by atoms with E-state index in [1.807, 2.05) is 67.5 Å². The maximum atomic E-state index is 12.8. The van der Waals surface area contributed by atoms with Crippen LogP contribution in [-0.4, -0.2) is 61.9 Å². The van der Waals surface area contributed by atoms with Gasteiger partial charge in [0.1, 0.15) is 0 Å². The number of nitrogens with one attached hydrogen (secondary N) is 1. The molecular weight excluding hydrogens is 352 g/mol. The highest BCUT2D eigenvalue weighted by Gasteiger charge is 2.21. The zero-order valence-corrected chi connectivity index (χ0v) is 16.8. The fourth-order valence-corrected chi connectivity index (χ4v) is 3.49. The van der Waals surface area contributed by atoms with E-state index in [2.05, 4.69) is 15.1 Å². The van der Waals surface area contributed by atoms with Gasteiger partial charge in [-0.3, -0.25) is 9.59 Å². The molecule has 2 aromatic carbocycles. The van der Waals surface area contributed by atoms with Crippen molar-refractivity contribution in [3.05, 3.63) is 59.7 Å². The highest BCUT2D eigenvalue weighted by atomic mass is 16.2. The van der Waals surface area contributed by atoms with Crippen molar-refractivity contribution in [2.45, 2.75) is 13.5 Å². The summed E-state index contributed by atoms with van der Waals surface area (Å²) >= 11 is 0. The molecule has 0 spiro atoms. The molecule has 28 heavy (non-hydrogen) atoms. The lowest BCUT2D eigenvalue weighted by molar-refractivity contribution is -0.129. The first-order valence-electron chi connectivity index (χ1n) is 9.58. The van der Waals surface area contributed by atoms with E-state index in [1.165, 1.54) is 0 Å². The van der Waals surface area contributed by atoms with Crippen molar-refractivity contribution >= 4 is 23.2 Å². The fourth-order valence-electron chi connectivity index (χ4n) is 3.49. The second-order valence-corrected chi connectivity index (χ2v) is 7.40. The quantitative estimate of drug-likeness (QED) is 0.867. The van der Waals surface area contributed by atoms with Crippen LogP contribution in [0.1, 0.15) is 22.8 Å². The van der Waals surface area contributed by atoms with Gasteiger partial charge in [-0.2, -0.15) is 0 Å². The SMILES string of the molecule is CC(=O)N1CCN(c2ccccc2NC(=O)c2cccc(CN(C)C)c2)CC1. The largest absolute Gasteiger partial charge is 0.366 e. The third-order valence-electron chi connectivity index (χ3n) is 4.91. The van der Waals surface area contributed by atoms with Crippen LogP contribution in [0.3, 0.4) is 0 Å². The lowest BCUT2D eigenvalue weighted by Crippen LogP contribution is -2.48. The number of nitrogens with zero attached hydrogens (tertiary/aromatic N) is 3. The number of para-hydroxylation sites is 2. The average molecular weight is 380 g/mol. The van der Waals surface area contributed by atoms with E-state index in [1.54, 1.807) is 6.92 Å². The molecule has 1 N–H and O–H groups in total. The Hall–Kier alpha value is -2.86. The van der Waals surface area contributed by atoms with Gasteiger partial charge in [0.25, 0.3) is 5.91 Å². The molecule has 3 rings (SSSR count). The van der Waals surface area contributed by atoms with Gasteiger partial charge in [0, 0.05) is 45.2 Å². The van der Waals surface area contributed by atoms with Gasteiger partial charge < -0.3 is 20.0 Å². The maximum absolute atomic E-state index is 12.8. The molecule has 0 bridgehead atoms. The first-order chi connectivity index (χ1) is 13.4. The third kappa shape index (κ3) is 4.89. The first kappa shape index (κ1) is 19.9. The van der Waals surface area contributed by atoms with Crippen molar-refractivity contribution in [2.24, 2.45) is 0 Å². The standard InChI is InChI=1S/C22H28N4O2/c1-17(27)25-11-13-26(14-12-25)21-10-5-4-9-20(21)23-22(28)19-8-6-7-18(15-19)16-24(2)3/h4-10,15H,11-14,16H2,1-3H3,(H,23,28). The van der Waals surface area contributed by atoms with Gasteiger partial charge in [-0.1, -0.05) is 24.3 Å². The minimum Gasteiger partial charge on any atom is -0.366 e. The smallest absolute Gasteiger partial charge is 0.255 e. The van der Waals surface area contributed by atoms with E-state index >= 15 is 0 Å². The molecule has 0 saturated carbocycles. The van der Waals surface area contributed by atoms with Crippen molar-refractivity contribution in [1.82, 2.24) is 9.80 Å². The van der Waals surface area contributed by atoms with Crippen LogP contribution in [0.2, 0.25) is 0 Å². The summed E-state index contributed by atoms with van der Waals surface area (Å²) in [6.07, 6.45) is 0. The zero-order valence-electron chi connectivity index (χ0n) is 16.8. The molecule has 6 nitrogen and oxygen atoms in total. The molecule has 1 saturated heterocycles. The van der Waals surface area contributed by atoms with Gasteiger partial charge in [-0.25, -0.2) is 0 Å². The van der Waals surface area contributed by atoms with Gasteiger partial charge in [0.05, 0.1) is 11.4 Å². The summed E-state index contributed by atoms with van der Waals surface area (Å²) < 4.78 is 0. The third-order valence-corrected chi connectivity index (χ3v) is 4.91. The molecule has 1 aliphatic heterocycles. The number of anilines is 2. The van der Waals surface area contributed by atoms with E-state index in [-0.39, 0.29) is 11.8 Å². The molecule has 1 aliphatic rings. The molecule has 0 radical (unpaired) electrons. The lowest BCUT2D eigenvalue weighted by atomic mass is 10.1. The topological polar surface area (TPSA) is 55.9 Å². The van der Waals surface area contributed by atoms with Crippen molar-refractivity contribution in [2.75, 3.05) is 50.5 Å². The number of rotatable bonds is 5. The number of benzene rings is 2. The fraction of sp³-hybridized carbons (Fsp3) is 0.364. The molecule has 6 heteroatoms. The van der Waals surface area contributed by atoms with Crippen molar-refractivity contribution in [3.63, 3.8) is 0 Å². The summed E-state index contributed by atoms with van der Waals surface area (Å²) in [5.41, 5.74) is 3.53. The van der Waals surface area contributed by atoms with E-state index in [4.69, 9.17) is 0 Å². The number of hydrogen-bond donors (Lipinski definition) is 1. The van der Waals surface area contributed by atoms with E-state index < -0.39 is 0 Å². The minimum atomic E-state index is -0.115. The number of piperazine rings is 1. The van der Waals surface area contributed by atoms with Crippen molar-refractivity contribution in [3.8, 4) is 0 Å². The van der Waals surface area contributed by atoms with Crippen LogP contribution in [0.25, 0.3) is 0 Å². The highest BCUT2D eigenvalue weighted by molar-refractivity contribution is 6.06. The summed E-state index contributed by atoms with van der Waals surface area (Å²) in [6.45, 7) is 5.30. The lowest BCUT2D eigenvalue weighted by Gasteiger charge is -2.36. The maximum Gasteiger partial charge on any atom is 0.255 e. The molecule has 1 heterocycles. The molecule has 0 aliphatic carbocycles. The van der Waals surface area contributed by atoms with Gasteiger partial charge in [-0.15, -0.1) is 0 Å².